The Morgan fingerprint density at radius 1 is 1.12 bits per heavy atom. The maximum atomic E-state index is 12.9. The molecule has 12 heteroatoms. The van der Waals surface area contributed by atoms with Crippen LogP contribution < -0.4 is 4.74 Å². The summed E-state index contributed by atoms with van der Waals surface area (Å²) in [7, 11) is -2.01. The van der Waals surface area contributed by atoms with Gasteiger partial charge in [0, 0.05) is 18.7 Å². The molecule has 0 unspecified atom stereocenters. The number of oxazole rings is 1. The molecule has 1 aliphatic rings. The molecule has 3 heterocycles. The number of sulfonamides is 1. The van der Waals surface area contributed by atoms with Crippen molar-refractivity contribution in [2.24, 2.45) is 0 Å². The van der Waals surface area contributed by atoms with Crippen LogP contribution in [0.1, 0.15) is 5.89 Å². The average molecular weight is 489 g/mol. The first-order chi connectivity index (χ1) is 16.0. The van der Waals surface area contributed by atoms with Crippen molar-refractivity contribution in [1.82, 2.24) is 19.4 Å². The number of aromatic nitrogens is 3. The number of fused-ring (bicyclic) bond motifs is 1. The zero-order chi connectivity index (χ0) is 22.8. The molecule has 0 radical (unpaired) electrons. The third kappa shape index (κ3) is 4.60. The Hall–Kier alpha value is -2.93. The van der Waals surface area contributed by atoms with Crippen molar-refractivity contribution in [2.75, 3.05) is 33.4 Å². The molecule has 10 nitrogen and oxygen atoms in total. The molecule has 4 aromatic rings. The second-order valence-electron chi connectivity index (χ2n) is 7.16. The quantitative estimate of drug-likeness (QED) is 0.359. The first kappa shape index (κ1) is 21.9. The van der Waals surface area contributed by atoms with Gasteiger partial charge in [-0.3, -0.25) is 0 Å². The molecule has 0 bridgehead atoms. The number of nitrogens with zero attached hydrogens (tertiary/aromatic N) is 4. The molecule has 0 atom stereocenters. The topological polar surface area (TPSA) is 121 Å². The fraction of sp³-hybridized carbons (Fsp3) is 0.286. The highest BCUT2D eigenvalue weighted by molar-refractivity contribution is 7.98. The third-order valence-corrected chi connectivity index (χ3v) is 7.77. The van der Waals surface area contributed by atoms with Gasteiger partial charge in [0.2, 0.25) is 21.7 Å². The predicted molar refractivity (Wildman–Crippen MR) is 119 cm³/mol. The van der Waals surface area contributed by atoms with Gasteiger partial charge in [-0.1, -0.05) is 29.1 Å². The molecule has 1 saturated heterocycles. The molecule has 33 heavy (non-hydrogen) atoms. The van der Waals surface area contributed by atoms with Crippen LogP contribution in [-0.2, 0) is 20.5 Å². The average Bonchev–Trinajstić information content (AvgIpc) is 3.49. The SMILES string of the molecule is COc1cccc(-c2noc(CSc3nc4cc(S(=O)(=O)N5CCOCC5)ccc4o3)n2)c1. The van der Waals surface area contributed by atoms with Crippen molar-refractivity contribution in [3.63, 3.8) is 0 Å². The number of morpholine rings is 1. The van der Waals surface area contributed by atoms with Gasteiger partial charge in [0.15, 0.2) is 5.58 Å². The third-order valence-electron chi connectivity index (χ3n) is 5.06. The van der Waals surface area contributed by atoms with E-state index in [9.17, 15) is 8.42 Å². The van der Waals surface area contributed by atoms with Crippen LogP contribution in [0, 0.1) is 0 Å². The van der Waals surface area contributed by atoms with Gasteiger partial charge in [-0.05, 0) is 30.3 Å². The van der Waals surface area contributed by atoms with Crippen LogP contribution >= 0.6 is 11.8 Å². The highest BCUT2D eigenvalue weighted by Crippen LogP contribution is 2.29. The molecule has 2 aromatic carbocycles. The van der Waals surface area contributed by atoms with Gasteiger partial charge in [0.1, 0.15) is 11.3 Å². The monoisotopic (exact) mass is 488 g/mol. The lowest BCUT2D eigenvalue weighted by Crippen LogP contribution is -2.40. The Kier molecular flexibility index (Phi) is 6.06. The summed E-state index contributed by atoms with van der Waals surface area (Å²) in [5.74, 6) is 1.92. The van der Waals surface area contributed by atoms with Crippen LogP contribution in [0.5, 0.6) is 5.75 Å². The van der Waals surface area contributed by atoms with Crippen LogP contribution in [0.25, 0.3) is 22.5 Å². The molecular weight excluding hydrogens is 468 g/mol. The number of thioether (sulfide) groups is 1. The molecule has 0 aliphatic carbocycles. The van der Waals surface area contributed by atoms with Crippen LogP contribution in [0.3, 0.4) is 0 Å². The number of methoxy groups -OCH3 is 1. The van der Waals surface area contributed by atoms with E-state index >= 15 is 0 Å². The van der Waals surface area contributed by atoms with Crippen LogP contribution in [0.4, 0.5) is 0 Å². The Balaban J connectivity index is 1.30. The minimum atomic E-state index is -3.61. The van der Waals surface area contributed by atoms with E-state index < -0.39 is 10.0 Å². The molecule has 1 aliphatic heterocycles. The van der Waals surface area contributed by atoms with Crippen molar-refractivity contribution in [3.8, 4) is 17.1 Å². The first-order valence-corrected chi connectivity index (χ1v) is 12.5. The Morgan fingerprint density at radius 3 is 2.79 bits per heavy atom. The summed E-state index contributed by atoms with van der Waals surface area (Å²) in [6.45, 7) is 1.45. The molecule has 1 fully saturated rings. The maximum absolute atomic E-state index is 12.9. The summed E-state index contributed by atoms with van der Waals surface area (Å²) < 4.78 is 48.7. The highest BCUT2D eigenvalue weighted by Gasteiger charge is 2.27. The van der Waals surface area contributed by atoms with Crippen molar-refractivity contribution >= 4 is 32.9 Å². The second-order valence-corrected chi connectivity index (χ2v) is 10.0. The molecule has 0 amide bonds. The van der Waals surface area contributed by atoms with Gasteiger partial charge >= 0.3 is 0 Å². The molecule has 0 saturated carbocycles. The van der Waals surface area contributed by atoms with Crippen LogP contribution in [0.15, 0.2) is 61.5 Å². The van der Waals surface area contributed by atoms with E-state index in [0.717, 1.165) is 5.56 Å². The summed E-state index contributed by atoms with van der Waals surface area (Å²) in [6.07, 6.45) is 0. The van der Waals surface area contributed by atoms with Gasteiger partial charge in [0.05, 0.1) is 31.0 Å². The molecular formula is C21H20N4O6S2. The minimum Gasteiger partial charge on any atom is -0.497 e. The summed E-state index contributed by atoms with van der Waals surface area (Å²) in [4.78, 5) is 9.00. The second kappa shape index (κ2) is 9.14. The standard InChI is InChI=1S/C21H20N4O6S2/c1-28-15-4-2-3-14(11-15)20-23-19(31-24-20)13-32-21-22-17-12-16(5-6-18(17)30-21)33(26,27)25-7-9-29-10-8-25/h2-6,11-12H,7-10,13H2,1H3. The molecule has 0 N–H and O–H groups in total. The van der Waals surface area contributed by atoms with E-state index in [1.807, 2.05) is 24.3 Å². The van der Waals surface area contributed by atoms with E-state index in [-0.39, 0.29) is 4.90 Å². The normalized spacial score (nSPS) is 15.2. The number of hydrogen-bond donors (Lipinski definition) is 0. The first-order valence-electron chi connectivity index (χ1n) is 10.1. The number of rotatable bonds is 7. The van der Waals surface area contributed by atoms with Crippen LogP contribution in [-0.4, -0.2) is 61.3 Å². The van der Waals surface area contributed by atoms with E-state index in [4.69, 9.17) is 18.4 Å². The number of hydrogen-bond acceptors (Lipinski definition) is 10. The Morgan fingerprint density at radius 2 is 1.97 bits per heavy atom. The van der Waals surface area contributed by atoms with E-state index in [1.54, 1.807) is 13.2 Å². The predicted octanol–water partition coefficient (Wildman–Crippen LogP) is 3.20. The molecule has 2 aromatic heterocycles. The molecule has 0 spiro atoms. The lowest BCUT2D eigenvalue weighted by molar-refractivity contribution is 0.0730. The number of ether oxygens (including phenoxy) is 2. The zero-order valence-corrected chi connectivity index (χ0v) is 19.3. The molecule has 5 rings (SSSR count). The highest BCUT2D eigenvalue weighted by atomic mass is 32.2. The van der Waals surface area contributed by atoms with E-state index in [0.29, 0.717) is 65.8 Å². The Labute approximate surface area is 193 Å². The van der Waals surface area contributed by atoms with Gasteiger partial charge in [-0.25, -0.2) is 13.4 Å². The largest absolute Gasteiger partial charge is 0.497 e. The van der Waals surface area contributed by atoms with Gasteiger partial charge in [0.25, 0.3) is 5.22 Å². The lowest BCUT2D eigenvalue weighted by Gasteiger charge is -2.25. The smallest absolute Gasteiger partial charge is 0.257 e. The summed E-state index contributed by atoms with van der Waals surface area (Å²) in [5.41, 5.74) is 1.75. The number of benzene rings is 2. The minimum absolute atomic E-state index is 0.182. The summed E-state index contributed by atoms with van der Waals surface area (Å²) in [6, 6.07) is 12.1. The van der Waals surface area contributed by atoms with E-state index in [1.165, 1.54) is 28.2 Å². The van der Waals surface area contributed by atoms with Gasteiger partial charge < -0.3 is 18.4 Å². The molecule has 172 valence electrons. The van der Waals surface area contributed by atoms with Crippen molar-refractivity contribution in [3.05, 3.63) is 48.4 Å². The van der Waals surface area contributed by atoms with Crippen molar-refractivity contribution < 1.29 is 26.8 Å². The van der Waals surface area contributed by atoms with Gasteiger partial charge in [-0.2, -0.15) is 9.29 Å². The Bertz CT molecular complexity index is 1380. The fourth-order valence-corrected chi connectivity index (χ4v) is 5.47. The van der Waals surface area contributed by atoms with E-state index in [2.05, 4.69) is 15.1 Å². The van der Waals surface area contributed by atoms with Crippen molar-refractivity contribution in [2.45, 2.75) is 15.9 Å². The zero-order valence-electron chi connectivity index (χ0n) is 17.6. The lowest BCUT2D eigenvalue weighted by atomic mass is 10.2. The van der Waals surface area contributed by atoms with Gasteiger partial charge in [-0.15, -0.1) is 0 Å². The summed E-state index contributed by atoms with van der Waals surface area (Å²) >= 11 is 1.28. The maximum Gasteiger partial charge on any atom is 0.257 e. The summed E-state index contributed by atoms with van der Waals surface area (Å²) in [5, 5.41) is 4.40. The fourth-order valence-electron chi connectivity index (χ4n) is 3.36. The van der Waals surface area contributed by atoms with Crippen LogP contribution in [0.2, 0.25) is 0 Å². The van der Waals surface area contributed by atoms with Crippen molar-refractivity contribution in [1.29, 1.82) is 0 Å².